The summed E-state index contributed by atoms with van der Waals surface area (Å²) in [4.78, 5) is 1.51. The van der Waals surface area contributed by atoms with E-state index in [1.165, 1.54) is 42.7 Å². The van der Waals surface area contributed by atoms with E-state index in [-0.39, 0.29) is 0 Å². The largest absolute Gasteiger partial charge is 0.309 e. The van der Waals surface area contributed by atoms with E-state index in [2.05, 4.69) is 37.5 Å². The summed E-state index contributed by atoms with van der Waals surface area (Å²) in [6.07, 6.45) is 5.73. The summed E-state index contributed by atoms with van der Waals surface area (Å²) in [6.45, 7) is 8.13. The van der Waals surface area contributed by atoms with Crippen molar-refractivity contribution in [1.29, 1.82) is 0 Å². The molecule has 96 valence electrons. The van der Waals surface area contributed by atoms with Crippen molar-refractivity contribution in [1.82, 2.24) is 5.32 Å². The highest BCUT2D eigenvalue weighted by atomic mass is 32.1. The van der Waals surface area contributed by atoms with Crippen LogP contribution in [0.3, 0.4) is 0 Å². The first-order valence-corrected chi connectivity index (χ1v) is 7.84. The van der Waals surface area contributed by atoms with Gasteiger partial charge in [0.15, 0.2) is 0 Å². The Hall–Kier alpha value is -0.340. The standard InChI is InChI=1S/C15H25NS/c1-11-6-4-5-7-14(11)10-16-13(3)15-12(2)8-9-17-15/h8-9,11,13-14,16H,4-7,10H2,1-3H3. The van der Waals surface area contributed by atoms with Crippen molar-refractivity contribution >= 4 is 11.3 Å². The summed E-state index contributed by atoms with van der Waals surface area (Å²) in [7, 11) is 0. The second-order valence-corrected chi connectivity index (χ2v) is 6.57. The van der Waals surface area contributed by atoms with Gasteiger partial charge >= 0.3 is 0 Å². The lowest BCUT2D eigenvalue weighted by Crippen LogP contribution is -2.30. The Morgan fingerprint density at radius 3 is 2.82 bits per heavy atom. The number of nitrogens with one attached hydrogen (secondary N) is 1. The zero-order valence-electron chi connectivity index (χ0n) is 11.3. The fourth-order valence-electron chi connectivity index (χ4n) is 2.95. The van der Waals surface area contributed by atoms with E-state index in [9.17, 15) is 0 Å². The summed E-state index contributed by atoms with van der Waals surface area (Å²) < 4.78 is 0. The summed E-state index contributed by atoms with van der Waals surface area (Å²) in [5.41, 5.74) is 1.44. The number of hydrogen-bond acceptors (Lipinski definition) is 2. The first-order valence-electron chi connectivity index (χ1n) is 6.96. The third kappa shape index (κ3) is 3.32. The van der Waals surface area contributed by atoms with Crippen LogP contribution in [0, 0.1) is 18.8 Å². The quantitative estimate of drug-likeness (QED) is 0.829. The third-order valence-electron chi connectivity index (χ3n) is 4.27. The number of thiophene rings is 1. The maximum absolute atomic E-state index is 3.74. The fourth-order valence-corrected chi connectivity index (χ4v) is 3.91. The molecule has 1 heterocycles. The van der Waals surface area contributed by atoms with Crippen molar-refractivity contribution < 1.29 is 0 Å². The Kier molecular flexibility index (Phi) is 4.63. The van der Waals surface area contributed by atoms with Gasteiger partial charge in [0, 0.05) is 10.9 Å². The lowest BCUT2D eigenvalue weighted by Gasteiger charge is -2.30. The van der Waals surface area contributed by atoms with Gasteiger partial charge in [-0.2, -0.15) is 0 Å². The van der Waals surface area contributed by atoms with Gasteiger partial charge in [-0.3, -0.25) is 0 Å². The molecule has 0 spiro atoms. The first kappa shape index (κ1) is 13.1. The molecule has 2 rings (SSSR count). The van der Waals surface area contributed by atoms with Crippen molar-refractivity contribution in [3.05, 3.63) is 21.9 Å². The normalized spacial score (nSPS) is 27.0. The molecule has 1 nitrogen and oxygen atoms in total. The minimum Gasteiger partial charge on any atom is -0.309 e. The van der Waals surface area contributed by atoms with Gasteiger partial charge in [0.2, 0.25) is 0 Å². The van der Waals surface area contributed by atoms with Crippen LogP contribution in [-0.2, 0) is 0 Å². The van der Waals surface area contributed by atoms with Crippen LogP contribution in [0.5, 0.6) is 0 Å². The van der Waals surface area contributed by atoms with Crippen LogP contribution in [0.4, 0.5) is 0 Å². The van der Waals surface area contributed by atoms with E-state index < -0.39 is 0 Å². The molecule has 2 heteroatoms. The molecular formula is C15H25NS. The van der Waals surface area contributed by atoms with E-state index in [1.54, 1.807) is 0 Å². The highest BCUT2D eigenvalue weighted by Gasteiger charge is 2.21. The Labute approximate surface area is 110 Å². The molecule has 0 bridgehead atoms. The molecule has 3 unspecified atom stereocenters. The molecule has 1 aromatic rings. The number of rotatable bonds is 4. The molecule has 0 aliphatic heterocycles. The fraction of sp³-hybridized carbons (Fsp3) is 0.733. The molecule has 1 N–H and O–H groups in total. The van der Waals surface area contributed by atoms with E-state index >= 15 is 0 Å². The van der Waals surface area contributed by atoms with Gasteiger partial charge in [0.05, 0.1) is 0 Å². The Morgan fingerprint density at radius 2 is 2.18 bits per heavy atom. The highest BCUT2D eigenvalue weighted by molar-refractivity contribution is 7.10. The highest BCUT2D eigenvalue weighted by Crippen LogP contribution is 2.30. The van der Waals surface area contributed by atoms with Crippen molar-refractivity contribution in [2.24, 2.45) is 11.8 Å². The minimum absolute atomic E-state index is 0.518. The molecule has 0 amide bonds. The smallest absolute Gasteiger partial charge is 0.0388 e. The Morgan fingerprint density at radius 1 is 1.41 bits per heavy atom. The summed E-state index contributed by atoms with van der Waals surface area (Å²) >= 11 is 1.88. The van der Waals surface area contributed by atoms with Crippen LogP contribution in [-0.4, -0.2) is 6.54 Å². The predicted octanol–water partition coefficient (Wildman–Crippen LogP) is 4.53. The van der Waals surface area contributed by atoms with E-state index in [4.69, 9.17) is 0 Å². The van der Waals surface area contributed by atoms with E-state index in [0.29, 0.717) is 6.04 Å². The van der Waals surface area contributed by atoms with Crippen LogP contribution in [0.1, 0.15) is 56.0 Å². The van der Waals surface area contributed by atoms with Crippen molar-refractivity contribution in [3.8, 4) is 0 Å². The average Bonchev–Trinajstić information content (AvgIpc) is 2.74. The lowest BCUT2D eigenvalue weighted by atomic mass is 9.80. The summed E-state index contributed by atoms with van der Waals surface area (Å²) in [6, 6.07) is 2.74. The minimum atomic E-state index is 0.518. The van der Waals surface area contributed by atoms with Gasteiger partial charge in [0.25, 0.3) is 0 Å². The van der Waals surface area contributed by atoms with E-state index in [1.807, 2.05) is 11.3 Å². The molecule has 1 aromatic heterocycles. The maximum Gasteiger partial charge on any atom is 0.0388 e. The monoisotopic (exact) mass is 251 g/mol. The molecule has 1 fully saturated rings. The van der Waals surface area contributed by atoms with Crippen molar-refractivity contribution in [2.75, 3.05) is 6.54 Å². The average molecular weight is 251 g/mol. The second-order valence-electron chi connectivity index (χ2n) is 5.62. The van der Waals surface area contributed by atoms with Crippen LogP contribution >= 0.6 is 11.3 Å². The van der Waals surface area contributed by atoms with Gasteiger partial charge in [-0.05, 0) is 55.7 Å². The molecule has 0 radical (unpaired) electrons. The topological polar surface area (TPSA) is 12.0 Å². The Bertz CT molecular complexity index is 344. The first-order chi connectivity index (χ1) is 8.18. The molecular weight excluding hydrogens is 226 g/mol. The third-order valence-corrected chi connectivity index (χ3v) is 5.47. The van der Waals surface area contributed by atoms with Crippen molar-refractivity contribution in [2.45, 2.75) is 52.5 Å². The maximum atomic E-state index is 3.74. The van der Waals surface area contributed by atoms with Crippen LogP contribution in [0.25, 0.3) is 0 Å². The molecule has 0 saturated heterocycles. The molecule has 3 atom stereocenters. The zero-order valence-corrected chi connectivity index (χ0v) is 12.1. The van der Waals surface area contributed by atoms with Gasteiger partial charge < -0.3 is 5.32 Å². The molecule has 17 heavy (non-hydrogen) atoms. The van der Waals surface area contributed by atoms with Crippen LogP contribution in [0.2, 0.25) is 0 Å². The zero-order chi connectivity index (χ0) is 12.3. The van der Waals surface area contributed by atoms with Gasteiger partial charge in [-0.1, -0.05) is 26.2 Å². The van der Waals surface area contributed by atoms with Crippen LogP contribution in [0.15, 0.2) is 11.4 Å². The number of aryl methyl sites for hydroxylation is 1. The Balaban J connectivity index is 1.83. The predicted molar refractivity (Wildman–Crippen MR) is 76.6 cm³/mol. The van der Waals surface area contributed by atoms with Gasteiger partial charge in [-0.15, -0.1) is 11.3 Å². The molecule has 0 aromatic carbocycles. The summed E-state index contributed by atoms with van der Waals surface area (Å²) in [5.74, 6) is 1.80. The van der Waals surface area contributed by atoms with Gasteiger partial charge in [-0.25, -0.2) is 0 Å². The van der Waals surface area contributed by atoms with Gasteiger partial charge in [0.1, 0.15) is 0 Å². The SMILES string of the molecule is Cc1ccsc1C(C)NCC1CCCCC1C. The number of hydrogen-bond donors (Lipinski definition) is 1. The molecule has 1 saturated carbocycles. The summed E-state index contributed by atoms with van der Waals surface area (Å²) in [5, 5.41) is 5.94. The van der Waals surface area contributed by atoms with Crippen LogP contribution < -0.4 is 5.32 Å². The van der Waals surface area contributed by atoms with Crippen molar-refractivity contribution in [3.63, 3.8) is 0 Å². The molecule has 1 aliphatic carbocycles. The second kappa shape index (κ2) is 6.01. The lowest BCUT2D eigenvalue weighted by molar-refractivity contribution is 0.242. The molecule has 1 aliphatic rings. The van der Waals surface area contributed by atoms with E-state index in [0.717, 1.165) is 11.8 Å².